The molecule has 18 heavy (non-hydrogen) atoms. The van der Waals surface area contributed by atoms with Gasteiger partial charge in [-0.15, -0.1) is 0 Å². The van der Waals surface area contributed by atoms with Gasteiger partial charge in [0.15, 0.2) is 11.6 Å². The fraction of sp³-hybridized carbons (Fsp3) is 0.0769. The number of hydrogen-bond acceptors (Lipinski definition) is 1. The summed E-state index contributed by atoms with van der Waals surface area (Å²) in [7, 11) is 0. The van der Waals surface area contributed by atoms with E-state index in [1.165, 1.54) is 12.1 Å². The van der Waals surface area contributed by atoms with E-state index in [2.05, 4.69) is 0 Å². The minimum absolute atomic E-state index is 0.00783. The summed E-state index contributed by atoms with van der Waals surface area (Å²) in [5.41, 5.74) is 5.26. The molecular weight excluding hydrogens is 246 g/mol. The zero-order valence-corrected chi connectivity index (χ0v) is 9.18. The summed E-state index contributed by atoms with van der Waals surface area (Å²) in [6.45, 7) is -0.00783. The highest BCUT2D eigenvalue weighted by atomic mass is 19.2. The molecule has 5 heteroatoms. The molecule has 0 atom stereocenters. The Hall–Kier alpha value is -1.88. The Morgan fingerprint density at radius 2 is 1.61 bits per heavy atom. The van der Waals surface area contributed by atoms with E-state index in [1.807, 2.05) is 0 Å². The van der Waals surface area contributed by atoms with Gasteiger partial charge >= 0.3 is 0 Å². The molecule has 2 aromatic carbocycles. The van der Waals surface area contributed by atoms with Crippen LogP contribution in [0.5, 0.6) is 0 Å². The first kappa shape index (κ1) is 12.6. The van der Waals surface area contributed by atoms with Gasteiger partial charge in [-0.1, -0.05) is 12.1 Å². The summed E-state index contributed by atoms with van der Waals surface area (Å²) in [4.78, 5) is 0. The summed E-state index contributed by atoms with van der Waals surface area (Å²) >= 11 is 0. The molecule has 0 radical (unpaired) electrons. The average molecular weight is 255 g/mol. The van der Waals surface area contributed by atoms with Crippen LogP contribution in [-0.4, -0.2) is 0 Å². The van der Waals surface area contributed by atoms with Gasteiger partial charge in [0.1, 0.15) is 11.6 Å². The molecule has 0 saturated carbocycles. The Morgan fingerprint density at radius 3 is 2.22 bits per heavy atom. The summed E-state index contributed by atoms with van der Waals surface area (Å²) in [5, 5.41) is 0. The van der Waals surface area contributed by atoms with Crippen molar-refractivity contribution in [3.8, 4) is 11.1 Å². The van der Waals surface area contributed by atoms with Crippen LogP contribution in [-0.2, 0) is 6.54 Å². The molecule has 1 nitrogen and oxygen atoms in total. The molecule has 0 unspecified atom stereocenters. The Balaban J connectivity index is 2.58. The summed E-state index contributed by atoms with van der Waals surface area (Å²) < 4.78 is 53.0. The smallest absolute Gasteiger partial charge is 0.166 e. The van der Waals surface area contributed by atoms with Crippen molar-refractivity contribution in [2.24, 2.45) is 5.73 Å². The predicted octanol–water partition coefficient (Wildman–Crippen LogP) is 3.37. The van der Waals surface area contributed by atoms with Gasteiger partial charge in [-0.2, -0.15) is 0 Å². The molecule has 0 aliphatic heterocycles. The van der Waals surface area contributed by atoms with Crippen LogP contribution in [0.4, 0.5) is 17.6 Å². The van der Waals surface area contributed by atoms with E-state index in [0.29, 0.717) is 6.07 Å². The van der Waals surface area contributed by atoms with Crippen LogP contribution in [0.25, 0.3) is 11.1 Å². The van der Waals surface area contributed by atoms with Crippen LogP contribution in [0, 0.1) is 23.3 Å². The maximum absolute atomic E-state index is 13.5. The quantitative estimate of drug-likeness (QED) is 0.646. The van der Waals surface area contributed by atoms with Crippen molar-refractivity contribution in [3.05, 3.63) is 59.2 Å². The lowest BCUT2D eigenvalue weighted by Crippen LogP contribution is -2.00. The third kappa shape index (κ3) is 2.22. The topological polar surface area (TPSA) is 26.0 Å². The van der Waals surface area contributed by atoms with Gasteiger partial charge in [0, 0.05) is 23.7 Å². The van der Waals surface area contributed by atoms with Gasteiger partial charge in [-0.3, -0.25) is 0 Å². The van der Waals surface area contributed by atoms with Crippen LogP contribution >= 0.6 is 0 Å². The third-order valence-corrected chi connectivity index (χ3v) is 2.58. The third-order valence-electron chi connectivity index (χ3n) is 2.58. The van der Waals surface area contributed by atoms with Crippen LogP contribution in [0.1, 0.15) is 5.56 Å². The second-order valence-electron chi connectivity index (χ2n) is 3.76. The second-order valence-corrected chi connectivity index (χ2v) is 3.76. The Morgan fingerprint density at radius 1 is 0.889 bits per heavy atom. The van der Waals surface area contributed by atoms with E-state index >= 15 is 0 Å². The maximum Gasteiger partial charge on any atom is 0.166 e. The standard InChI is InChI=1S/C13H9F4N/c14-9-4-10(13(17)12(16)5-9)7-1-2-8(6-18)11(15)3-7/h1-5H,6,18H2. The van der Waals surface area contributed by atoms with Gasteiger partial charge in [-0.05, 0) is 17.7 Å². The van der Waals surface area contributed by atoms with Crippen molar-refractivity contribution >= 4 is 0 Å². The fourth-order valence-corrected chi connectivity index (χ4v) is 1.65. The number of hydrogen-bond donors (Lipinski definition) is 1. The van der Waals surface area contributed by atoms with E-state index in [0.717, 1.165) is 12.1 Å². The normalized spacial score (nSPS) is 10.7. The van der Waals surface area contributed by atoms with Gasteiger partial charge in [0.05, 0.1) is 0 Å². The lowest BCUT2D eigenvalue weighted by molar-refractivity contribution is 0.497. The largest absolute Gasteiger partial charge is 0.326 e. The van der Waals surface area contributed by atoms with Crippen molar-refractivity contribution in [1.82, 2.24) is 0 Å². The monoisotopic (exact) mass is 255 g/mol. The van der Waals surface area contributed by atoms with Gasteiger partial charge in [-0.25, -0.2) is 17.6 Å². The Bertz CT molecular complexity index is 596. The SMILES string of the molecule is NCc1ccc(-c2cc(F)cc(F)c2F)cc1F. The molecule has 0 aliphatic rings. The van der Waals surface area contributed by atoms with Crippen LogP contribution in [0.2, 0.25) is 0 Å². The minimum Gasteiger partial charge on any atom is -0.326 e. The molecule has 2 rings (SSSR count). The first-order valence-electron chi connectivity index (χ1n) is 5.16. The van der Waals surface area contributed by atoms with Crippen molar-refractivity contribution in [1.29, 1.82) is 0 Å². The predicted molar refractivity (Wildman–Crippen MR) is 59.6 cm³/mol. The first-order valence-corrected chi connectivity index (χ1v) is 5.16. The highest BCUT2D eigenvalue weighted by Crippen LogP contribution is 2.27. The fourth-order valence-electron chi connectivity index (χ4n) is 1.65. The molecule has 94 valence electrons. The zero-order chi connectivity index (χ0) is 13.3. The van der Waals surface area contributed by atoms with Gasteiger partial charge in [0.25, 0.3) is 0 Å². The lowest BCUT2D eigenvalue weighted by atomic mass is 10.0. The van der Waals surface area contributed by atoms with Gasteiger partial charge < -0.3 is 5.73 Å². The molecule has 0 amide bonds. The Kier molecular flexibility index (Phi) is 3.34. The first-order chi connectivity index (χ1) is 8.52. The molecular formula is C13H9F4N. The van der Waals surface area contributed by atoms with E-state index < -0.39 is 23.3 Å². The Labute approximate surface area is 101 Å². The highest BCUT2D eigenvalue weighted by molar-refractivity contribution is 5.64. The summed E-state index contributed by atoms with van der Waals surface area (Å²) in [6.07, 6.45) is 0. The number of rotatable bonds is 2. The molecule has 0 spiro atoms. The number of halogens is 4. The highest BCUT2D eigenvalue weighted by Gasteiger charge is 2.14. The van der Waals surface area contributed by atoms with Crippen LogP contribution in [0.3, 0.4) is 0 Å². The van der Waals surface area contributed by atoms with Crippen molar-refractivity contribution < 1.29 is 17.6 Å². The summed E-state index contributed by atoms with van der Waals surface area (Å²) in [6, 6.07) is 4.97. The maximum atomic E-state index is 13.5. The second kappa shape index (κ2) is 4.78. The average Bonchev–Trinajstić information content (AvgIpc) is 2.33. The van der Waals surface area contributed by atoms with Crippen molar-refractivity contribution in [3.63, 3.8) is 0 Å². The zero-order valence-electron chi connectivity index (χ0n) is 9.18. The molecule has 0 heterocycles. The molecule has 0 aliphatic carbocycles. The molecule has 0 saturated heterocycles. The van der Waals surface area contributed by atoms with E-state index in [1.54, 1.807) is 0 Å². The molecule has 0 aromatic heterocycles. The minimum atomic E-state index is -1.31. The number of nitrogens with two attached hydrogens (primary N) is 1. The van der Waals surface area contributed by atoms with E-state index in [9.17, 15) is 17.6 Å². The van der Waals surface area contributed by atoms with Crippen molar-refractivity contribution in [2.45, 2.75) is 6.54 Å². The van der Waals surface area contributed by atoms with E-state index in [4.69, 9.17) is 5.73 Å². The summed E-state index contributed by atoms with van der Waals surface area (Å²) in [5.74, 6) is -4.09. The molecule has 0 fully saturated rings. The molecule has 2 N–H and O–H groups in total. The van der Waals surface area contributed by atoms with E-state index in [-0.39, 0.29) is 23.2 Å². The van der Waals surface area contributed by atoms with Gasteiger partial charge in [0.2, 0.25) is 0 Å². The van der Waals surface area contributed by atoms with Crippen molar-refractivity contribution in [2.75, 3.05) is 0 Å². The van der Waals surface area contributed by atoms with Crippen LogP contribution < -0.4 is 5.73 Å². The molecule has 0 bridgehead atoms. The number of benzene rings is 2. The lowest BCUT2D eigenvalue weighted by Gasteiger charge is -2.07. The van der Waals surface area contributed by atoms with Crippen LogP contribution in [0.15, 0.2) is 30.3 Å². The molecule has 2 aromatic rings.